The van der Waals surface area contributed by atoms with E-state index in [2.05, 4.69) is 31.9 Å². The molecule has 2 aromatic rings. The van der Waals surface area contributed by atoms with Gasteiger partial charge in [0.05, 0.1) is 6.04 Å². The van der Waals surface area contributed by atoms with E-state index in [0.717, 1.165) is 25.6 Å². The third-order valence-electron chi connectivity index (χ3n) is 4.72. The summed E-state index contributed by atoms with van der Waals surface area (Å²) in [6.45, 7) is 5.71. The lowest BCUT2D eigenvalue weighted by Gasteiger charge is -2.37. The molecule has 132 valence electrons. The molecule has 1 aliphatic heterocycles. The van der Waals surface area contributed by atoms with Crippen molar-refractivity contribution in [3.05, 3.63) is 54.4 Å². The van der Waals surface area contributed by atoms with Crippen molar-refractivity contribution < 1.29 is 4.79 Å². The molecular weight excluding hydrogens is 314 g/mol. The van der Waals surface area contributed by atoms with Crippen LogP contribution in [-0.2, 0) is 11.3 Å². The first-order valence-corrected chi connectivity index (χ1v) is 8.70. The second-order valence-electron chi connectivity index (χ2n) is 6.44. The number of hydrogen-bond acceptors (Lipinski definition) is 5. The zero-order valence-electron chi connectivity index (χ0n) is 14.9. The topological polar surface area (TPSA) is 52.6 Å². The molecule has 2 heterocycles. The third kappa shape index (κ3) is 4.33. The highest BCUT2D eigenvalue weighted by molar-refractivity contribution is 5.81. The molecule has 0 aliphatic carbocycles. The quantitative estimate of drug-likeness (QED) is 0.829. The van der Waals surface area contributed by atoms with E-state index in [4.69, 9.17) is 0 Å². The molecule has 0 bridgehead atoms. The molecule has 1 aromatic carbocycles. The lowest BCUT2D eigenvalue weighted by Crippen LogP contribution is -2.53. The molecule has 1 fully saturated rings. The summed E-state index contributed by atoms with van der Waals surface area (Å²) >= 11 is 0. The highest BCUT2D eigenvalue weighted by atomic mass is 16.2. The van der Waals surface area contributed by atoms with Crippen molar-refractivity contribution in [2.45, 2.75) is 19.5 Å². The van der Waals surface area contributed by atoms with Crippen LogP contribution in [0.1, 0.15) is 12.5 Å². The minimum Gasteiger partial charge on any atom is -0.338 e. The number of likely N-dealkylation sites (N-methyl/N-ethyl adjacent to an activating group) is 1. The fourth-order valence-corrected chi connectivity index (χ4v) is 3.04. The van der Waals surface area contributed by atoms with E-state index in [1.165, 1.54) is 5.56 Å². The molecule has 1 atom stereocenters. The Balaban J connectivity index is 1.53. The number of amides is 1. The van der Waals surface area contributed by atoms with Gasteiger partial charge in [-0.1, -0.05) is 30.3 Å². The highest BCUT2D eigenvalue weighted by Gasteiger charge is 2.27. The van der Waals surface area contributed by atoms with E-state index in [1.54, 1.807) is 12.4 Å². The first-order valence-electron chi connectivity index (χ1n) is 8.70. The van der Waals surface area contributed by atoms with E-state index in [-0.39, 0.29) is 11.9 Å². The van der Waals surface area contributed by atoms with Crippen LogP contribution in [0.25, 0.3) is 0 Å². The van der Waals surface area contributed by atoms with Gasteiger partial charge in [0.15, 0.2) is 0 Å². The number of aromatic nitrogens is 2. The van der Waals surface area contributed by atoms with Gasteiger partial charge in [-0.3, -0.25) is 9.69 Å². The van der Waals surface area contributed by atoms with Gasteiger partial charge in [-0.05, 0) is 25.6 Å². The van der Waals surface area contributed by atoms with Gasteiger partial charge in [-0.2, -0.15) is 0 Å². The van der Waals surface area contributed by atoms with Gasteiger partial charge in [0, 0.05) is 45.1 Å². The van der Waals surface area contributed by atoms with Crippen LogP contribution in [-0.4, -0.2) is 64.9 Å². The number of rotatable bonds is 5. The minimum atomic E-state index is -0.139. The molecule has 1 saturated heterocycles. The van der Waals surface area contributed by atoms with E-state index >= 15 is 0 Å². The van der Waals surface area contributed by atoms with E-state index in [9.17, 15) is 4.79 Å². The summed E-state index contributed by atoms with van der Waals surface area (Å²) in [4.78, 5) is 27.6. The molecule has 0 saturated carbocycles. The predicted molar refractivity (Wildman–Crippen MR) is 98.2 cm³/mol. The van der Waals surface area contributed by atoms with Crippen LogP contribution in [0.4, 0.5) is 5.95 Å². The zero-order chi connectivity index (χ0) is 17.6. The summed E-state index contributed by atoms with van der Waals surface area (Å²) in [5, 5.41) is 0. The number of hydrogen-bond donors (Lipinski definition) is 0. The summed E-state index contributed by atoms with van der Waals surface area (Å²) in [7, 11) is 2.00. The smallest absolute Gasteiger partial charge is 0.239 e. The fraction of sp³-hybridized carbons (Fsp3) is 0.421. The number of carbonyl (C=O) groups excluding carboxylic acids is 1. The van der Waals surface area contributed by atoms with Crippen molar-refractivity contribution >= 4 is 11.9 Å². The van der Waals surface area contributed by atoms with Gasteiger partial charge in [-0.25, -0.2) is 9.97 Å². The molecule has 1 unspecified atom stereocenters. The summed E-state index contributed by atoms with van der Waals surface area (Å²) in [6, 6.07) is 11.9. The maximum absolute atomic E-state index is 12.8. The van der Waals surface area contributed by atoms with Crippen LogP contribution in [0.5, 0.6) is 0 Å². The molecule has 25 heavy (non-hydrogen) atoms. The first kappa shape index (κ1) is 17.4. The van der Waals surface area contributed by atoms with Crippen molar-refractivity contribution in [1.29, 1.82) is 0 Å². The summed E-state index contributed by atoms with van der Waals surface area (Å²) in [6.07, 6.45) is 3.50. The second kappa shape index (κ2) is 8.07. The highest BCUT2D eigenvalue weighted by Crippen LogP contribution is 2.13. The molecule has 0 N–H and O–H groups in total. The predicted octanol–water partition coefficient (Wildman–Crippen LogP) is 1.65. The number of nitrogens with zero attached hydrogens (tertiary/aromatic N) is 5. The van der Waals surface area contributed by atoms with E-state index in [1.807, 2.05) is 43.1 Å². The number of carbonyl (C=O) groups is 1. The average molecular weight is 339 g/mol. The van der Waals surface area contributed by atoms with Crippen LogP contribution < -0.4 is 4.90 Å². The Kier molecular flexibility index (Phi) is 5.60. The van der Waals surface area contributed by atoms with Crippen molar-refractivity contribution in [1.82, 2.24) is 19.8 Å². The van der Waals surface area contributed by atoms with Gasteiger partial charge in [0.2, 0.25) is 11.9 Å². The Morgan fingerprint density at radius 3 is 2.36 bits per heavy atom. The van der Waals surface area contributed by atoms with Crippen molar-refractivity contribution in [3.8, 4) is 0 Å². The molecular formula is C19H25N5O. The molecule has 1 aromatic heterocycles. The van der Waals surface area contributed by atoms with Crippen molar-refractivity contribution in [2.24, 2.45) is 0 Å². The fourth-order valence-electron chi connectivity index (χ4n) is 3.04. The number of anilines is 1. The Morgan fingerprint density at radius 2 is 1.72 bits per heavy atom. The van der Waals surface area contributed by atoms with Crippen LogP contribution in [0.15, 0.2) is 48.8 Å². The van der Waals surface area contributed by atoms with Crippen LogP contribution in [0, 0.1) is 0 Å². The Labute approximate surface area is 149 Å². The number of benzene rings is 1. The first-order chi connectivity index (χ1) is 12.1. The van der Waals surface area contributed by atoms with Gasteiger partial charge in [-0.15, -0.1) is 0 Å². The van der Waals surface area contributed by atoms with Crippen molar-refractivity contribution in [2.75, 3.05) is 38.1 Å². The maximum atomic E-state index is 12.8. The second-order valence-corrected chi connectivity index (χ2v) is 6.44. The zero-order valence-corrected chi connectivity index (χ0v) is 14.9. The molecule has 6 nitrogen and oxygen atoms in total. The average Bonchev–Trinajstić information content (AvgIpc) is 2.68. The van der Waals surface area contributed by atoms with Gasteiger partial charge in [0.1, 0.15) is 0 Å². The van der Waals surface area contributed by atoms with E-state index < -0.39 is 0 Å². The normalized spacial score (nSPS) is 16.1. The molecule has 3 rings (SSSR count). The lowest BCUT2D eigenvalue weighted by atomic mass is 10.1. The van der Waals surface area contributed by atoms with Gasteiger partial charge < -0.3 is 9.80 Å². The minimum absolute atomic E-state index is 0.139. The Bertz CT molecular complexity index is 671. The molecule has 0 spiro atoms. The Morgan fingerprint density at radius 1 is 1.08 bits per heavy atom. The monoisotopic (exact) mass is 339 g/mol. The summed E-state index contributed by atoms with van der Waals surface area (Å²) in [5.74, 6) is 0.927. The van der Waals surface area contributed by atoms with Crippen molar-refractivity contribution in [3.63, 3.8) is 0 Å². The largest absolute Gasteiger partial charge is 0.338 e. The third-order valence-corrected chi connectivity index (χ3v) is 4.72. The SMILES string of the molecule is CC(C(=O)N1CCN(c2ncccn2)CC1)N(C)Cc1ccccc1. The Hall–Kier alpha value is -2.47. The molecule has 6 heteroatoms. The standard InChI is InChI=1S/C19H25N5O/c1-16(22(2)15-17-7-4-3-5-8-17)18(25)23-11-13-24(14-12-23)19-20-9-6-10-21-19/h3-10,16H,11-15H2,1-2H3. The molecule has 1 aliphatic rings. The number of piperazine rings is 1. The lowest BCUT2D eigenvalue weighted by molar-refractivity contribution is -0.136. The summed E-state index contributed by atoms with van der Waals surface area (Å²) < 4.78 is 0. The van der Waals surface area contributed by atoms with Gasteiger partial charge >= 0.3 is 0 Å². The van der Waals surface area contributed by atoms with E-state index in [0.29, 0.717) is 13.1 Å². The molecule has 1 amide bonds. The molecule has 0 radical (unpaired) electrons. The maximum Gasteiger partial charge on any atom is 0.239 e. The van der Waals surface area contributed by atoms with Crippen LogP contribution in [0.3, 0.4) is 0 Å². The van der Waals surface area contributed by atoms with Crippen LogP contribution >= 0.6 is 0 Å². The van der Waals surface area contributed by atoms with Gasteiger partial charge in [0.25, 0.3) is 0 Å². The van der Waals surface area contributed by atoms with Crippen LogP contribution in [0.2, 0.25) is 0 Å². The summed E-state index contributed by atoms with van der Waals surface area (Å²) in [5.41, 5.74) is 1.22.